The van der Waals surface area contributed by atoms with Crippen LogP contribution in [0.2, 0.25) is 5.28 Å². The number of hydrogen-bond donors (Lipinski definition) is 1. The van der Waals surface area contributed by atoms with Gasteiger partial charge in [-0.05, 0) is 18.5 Å². The molecule has 0 atom stereocenters. The van der Waals surface area contributed by atoms with E-state index in [-0.39, 0.29) is 16.5 Å². The molecule has 1 heterocycles. The Kier molecular flexibility index (Phi) is 2.57. The van der Waals surface area contributed by atoms with Crippen LogP contribution in [0.3, 0.4) is 0 Å². The van der Waals surface area contributed by atoms with Crippen LogP contribution < -0.4 is 0 Å². The summed E-state index contributed by atoms with van der Waals surface area (Å²) in [6.07, 6.45) is 1.10. The molecule has 0 amide bonds. The number of rotatable bonds is 2. The van der Waals surface area contributed by atoms with Gasteiger partial charge >= 0.3 is 5.97 Å². The van der Waals surface area contributed by atoms with E-state index in [4.69, 9.17) is 16.7 Å². The fourth-order valence-electron chi connectivity index (χ4n) is 0.781. The molecular weight excluding hydrogens is 196 g/mol. The molecule has 0 aliphatic rings. The number of carbonyl (C=O) groups excluding carboxylic acids is 1. The number of aromatic nitrogens is 2. The lowest BCUT2D eigenvalue weighted by Crippen LogP contribution is -2.10. The molecular formula is C7H5ClN2O3. The summed E-state index contributed by atoms with van der Waals surface area (Å²) in [4.78, 5) is 28.4. The molecule has 0 fully saturated rings. The highest BCUT2D eigenvalue weighted by atomic mass is 35.5. The zero-order chi connectivity index (χ0) is 10.0. The van der Waals surface area contributed by atoms with Crippen LogP contribution in [0, 0.1) is 0 Å². The number of halogens is 1. The van der Waals surface area contributed by atoms with Crippen molar-refractivity contribution in [3.05, 3.63) is 22.7 Å². The van der Waals surface area contributed by atoms with Crippen LogP contribution in [0.1, 0.15) is 27.8 Å². The van der Waals surface area contributed by atoms with Crippen molar-refractivity contribution in [1.29, 1.82) is 0 Å². The van der Waals surface area contributed by atoms with E-state index in [1.165, 1.54) is 6.92 Å². The second kappa shape index (κ2) is 3.49. The molecule has 0 aliphatic carbocycles. The van der Waals surface area contributed by atoms with Gasteiger partial charge < -0.3 is 5.11 Å². The van der Waals surface area contributed by atoms with E-state index >= 15 is 0 Å². The maximum atomic E-state index is 10.9. The highest BCUT2D eigenvalue weighted by Crippen LogP contribution is 2.09. The molecule has 6 heteroatoms. The summed E-state index contributed by atoms with van der Waals surface area (Å²) in [6.45, 7) is 1.24. The molecule has 5 nitrogen and oxygen atoms in total. The number of nitrogens with zero attached hydrogens (tertiary/aromatic N) is 2. The predicted molar refractivity (Wildman–Crippen MR) is 44.0 cm³/mol. The molecule has 0 radical (unpaired) electrons. The van der Waals surface area contributed by atoms with Gasteiger partial charge in [0.05, 0.1) is 5.56 Å². The van der Waals surface area contributed by atoms with Gasteiger partial charge in [-0.1, -0.05) is 0 Å². The number of hydrogen-bond acceptors (Lipinski definition) is 4. The first kappa shape index (κ1) is 9.60. The molecule has 0 saturated carbocycles. The summed E-state index contributed by atoms with van der Waals surface area (Å²) in [5.74, 6) is -1.71. The van der Waals surface area contributed by atoms with Crippen LogP contribution in [-0.4, -0.2) is 26.8 Å². The summed E-state index contributed by atoms with van der Waals surface area (Å²) < 4.78 is 0. The molecule has 68 valence electrons. The van der Waals surface area contributed by atoms with Crippen LogP contribution >= 0.6 is 11.6 Å². The molecule has 0 aliphatic heterocycles. The van der Waals surface area contributed by atoms with Crippen molar-refractivity contribution < 1.29 is 14.7 Å². The average molecular weight is 201 g/mol. The van der Waals surface area contributed by atoms with Crippen LogP contribution in [0.25, 0.3) is 0 Å². The smallest absolute Gasteiger partial charge is 0.355 e. The standard InChI is InChI=1S/C7H5ClN2O3/c1-3(11)4-2-9-7(8)10-5(4)6(12)13/h2H,1H3,(H,12,13). The number of ketones is 1. The summed E-state index contributed by atoms with van der Waals surface area (Å²) in [6, 6.07) is 0. The maximum Gasteiger partial charge on any atom is 0.355 e. The molecule has 1 aromatic heterocycles. The third-order valence-corrected chi connectivity index (χ3v) is 1.52. The first-order valence-electron chi connectivity index (χ1n) is 3.29. The van der Waals surface area contributed by atoms with Crippen molar-refractivity contribution in [3.8, 4) is 0 Å². The first-order chi connectivity index (χ1) is 6.02. The van der Waals surface area contributed by atoms with Crippen LogP contribution in [-0.2, 0) is 0 Å². The second-order valence-corrected chi connectivity index (χ2v) is 2.60. The third kappa shape index (κ3) is 2.00. The lowest BCUT2D eigenvalue weighted by molar-refractivity contribution is 0.0685. The molecule has 0 bridgehead atoms. The Morgan fingerprint density at radius 2 is 2.15 bits per heavy atom. The van der Waals surface area contributed by atoms with Gasteiger partial charge in [0, 0.05) is 6.20 Å². The molecule has 0 aromatic carbocycles. The van der Waals surface area contributed by atoms with Crippen LogP contribution in [0.4, 0.5) is 0 Å². The topological polar surface area (TPSA) is 80.2 Å². The fourth-order valence-corrected chi connectivity index (χ4v) is 0.914. The minimum atomic E-state index is -1.30. The Morgan fingerprint density at radius 1 is 1.54 bits per heavy atom. The van der Waals surface area contributed by atoms with Crippen LogP contribution in [0.5, 0.6) is 0 Å². The van der Waals surface area contributed by atoms with Gasteiger partial charge in [-0.3, -0.25) is 4.79 Å². The molecule has 0 spiro atoms. The molecule has 13 heavy (non-hydrogen) atoms. The van der Waals surface area contributed by atoms with Crippen molar-refractivity contribution in [2.45, 2.75) is 6.92 Å². The molecule has 0 saturated heterocycles. The summed E-state index contributed by atoms with van der Waals surface area (Å²) in [5.41, 5.74) is -0.413. The van der Waals surface area contributed by atoms with Gasteiger partial charge in [0.15, 0.2) is 11.5 Å². The lowest BCUT2D eigenvalue weighted by atomic mass is 10.2. The van der Waals surface area contributed by atoms with Crippen molar-refractivity contribution in [3.63, 3.8) is 0 Å². The number of aromatic carboxylic acids is 1. The lowest BCUT2D eigenvalue weighted by Gasteiger charge is -1.99. The van der Waals surface area contributed by atoms with Crippen molar-refractivity contribution in [2.24, 2.45) is 0 Å². The summed E-state index contributed by atoms with van der Waals surface area (Å²) in [5, 5.41) is 8.45. The van der Waals surface area contributed by atoms with Gasteiger partial charge in [-0.25, -0.2) is 14.8 Å². The zero-order valence-electron chi connectivity index (χ0n) is 6.61. The SMILES string of the molecule is CC(=O)c1cnc(Cl)nc1C(=O)O. The van der Waals surface area contributed by atoms with Crippen molar-refractivity contribution >= 4 is 23.4 Å². The summed E-state index contributed by atoms with van der Waals surface area (Å²) >= 11 is 5.37. The number of Topliss-reactive ketones (excluding diaryl/α,β-unsaturated/α-hetero) is 1. The zero-order valence-corrected chi connectivity index (χ0v) is 7.37. The number of carboxylic acids is 1. The Labute approximate surface area is 78.4 Å². The Bertz CT molecular complexity index is 378. The van der Waals surface area contributed by atoms with Gasteiger partial charge in [-0.15, -0.1) is 0 Å². The highest BCUT2D eigenvalue weighted by Gasteiger charge is 2.16. The Balaban J connectivity index is 3.35. The minimum absolute atomic E-state index is 0.0445. The van der Waals surface area contributed by atoms with E-state index in [1.54, 1.807) is 0 Å². The highest BCUT2D eigenvalue weighted by molar-refractivity contribution is 6.28. The molecule has 1 aromatic rings. The monoisotopic (exact) mass is 200 g/mol. The average Bonchev–Trinajstić information content (AvgIpc) is 2.03. The first-order valence-corrected chi connectivity index (χ1v) is 3.67. The Hall–Kier alpha value is -1.49. The number of carboxylic acid groups (broad SMARTS) is 1. The van der Waals surface area contributed by atoms with Gasteiger partial charge in [0.25, 0.3) is 0 Å². The van der Waals surface area contributed by atoms with E-state index in [1.807, 2.05) is 0 Å². The Morgan fingerprint density at radius 3 is 2.62 bits per heavy atom. The predicted octanol–water partition coefficient (Wildman–Crippen LogP) is 1.03. The number of carbonyl (C=O) groups is 2. The van der Waals surface area contributed by atoms with E-state index < -0.39 is 11.8 Å². The molecule has 1 rings (SSSR count). The normalized spacial score (nSPS) is 9.69. The van der Waals surface area contributed by atoms with Gasteiger partial charge in [-0.2, -0.15) is 0 Å². The van der Waals surface area contributed by atoms with Crippen molar-refractivity contribution in [2.75, 3.05) is 0 Å². The van der Waals surface area contributed by atoms with E-state index in [9.17, 15) is 9.59 Å². The maximum absolute atomic E-state index is 10.9. The quantitative estimate of drug-likeness (QED) is 0.570. The minimum Gasteiger partial charge on any atom is -0.476 e. The van der Waals surface area contributed by atoms with Crippen molar-refractivity contribution in [1.82, 2.24) is 9.97 Å². The molecule has 0 unspecified atom stereocenters. The largest absolute Gasteiger partial charge is 0.476 e. The van der Waals surface area contributed by atoms with Gasteiger partial charge in [0.2, 0.25) is 5.28 Å². The summed E-state index contributed by atoms with van der Waals surface area (Å²) in [7, 11) is 0. The van der Waals surface area contributed by atoms with E-state index in [0.29, 0.717) is 0 Å². The second-order valence-electron chi connectivity index (χ2n) is 2.26. The fraction of sp³-hybridized carbons (Fsp3) is 0.143. The third-order valence-electron chi connectivity index (χ3n) is 1.34. The van der Waals surface area contributed by atoms with E-state index in [2.05, 4.69) is 9.97 Å². The van der Waals surface area contributed by atoms with Crippen LogP contribution in [0.15, 0.2) is 6.20 Å². The van der Waals surface area contributed by atoms with Gasteiger partial charge in [0.1, 0.15) is 0 Å². The van der Waals surface area contributed by atoms with E-state index in [0.717, 1.165) is 6.20 Å². The molecule has 1 N–H and O–H groups in total.